The first-order chi connectivity index (χ1) is 9.60. The van der Waals surface area contributed by atoms with Crippen LogP contribution in [0, 0.1) is 11.7 Å². The second-order valence-corrected chi connectivity index (χ2v) is 5.99. The zero-order chi connectivity index (χ0) is 14.5. The largest absolute Gasteiger partial charge is 0.469 e. The van der Waals surface area contributed by atoms with Crippen LogP contribution in [0.5, 0.6) is 0 Å². The van der Waals surface area contributed by atoms with Crippen molar-refractivity contribution in [2.75, 3.05) is 26.7 Å². The van der Waals surface area contributed by atoms with Crippen LogP contribution in [-0.4, -0.2) is 37.6 Å². The van der Waals surface area contributed by atoms with Crippen molar-refractivity contribution in [3.8, 4) is 0 Å². The fourth-order valence-corrected chi connectivity index (χ4v) is 2.97. The average molecular weight is 344 g/mol. The van der Waals surface area contributed by atoms with E-state index in [-0.39, 0.29) is 17.7 Å². The highest BCUT2D eigenvalue weighted by Crippen LogP contribution is 2.20. The number of piperidine rings is 1. The lowest BCUT2D eigenvalue weighted by Crippen LogP contribution is -2.37. The molecule has 0 N–H and O–H groups in total. The third-order valence-electron chi connectivity index (χ3n) is 3.82. The Labute approximate surface area is 127 Å². The van der Waals surface area contributed by atoms with Crippen molar-refractivity contribution in [1.29, 1.82) is 0 Å². The van der Waals surface area contributed by atoms with Crippen molar-refractivity contribution in [1.82, 2.24) is 4.90 Å². The van der Waals surface area contributed by atoms with Crippen molar-refractivity contribution in [2.45, 2.75) is 19.3 Å². The van der Waals surface area contributed by atoms with Gasteiger partial charge in [0.15, 0.2) is 0 Å². The van der Waals surface area contributed by atoms with Crippen LogP contribution in [0.3, 0.4) is 0 Å². The van der Waals surface area contributed by atoms with E-state index >= 15 is 0 Å². The molecule has 0 spiro atoms. The summed E-state index contributed by atoms with van der Waals surface area (Å²) < 4.78 is 18.4. The molecule has 3 nitrogen and oxygen atoms in total. The second-order valence-electron chi connectivity index (χ2n) is 5.14. The van der Waals surface area contributed by atoms with Crippen LogP contribution in [-0.2, 0) is 16.0 Å². The zero-order valence-corrected chi connectivity index (χ0v) is 13.2. The van der Waals surface area contributed by atoms with E-state index in [0.717, 1.165) is 44.5 Å². The second kappa shape index (κ2) is 7.18. The van der Waals surface area contributed by atoms with Gasteiger partial charge >= 0.3 is 5.97 Å². The van der Waals surface area contributed by atoms with Gasteiger partial charge in [-0.2, -0.15) is 0 Å². The first-order valence-electron chi connectivity index (χ1n) is 6.84. The molecule has 1 aliphatic heterocycles. The monoisotopic (exact) mass is 343 g/mol. The maximum Gasteiger partial charge on any atom is 0.308 e. The van der Waals surface area contributed by atoms with Gasteiger partial charge in [-0.05, 0) is 66.0 Å². The van der Waals surface area contributed by atoms with E-state index in [2.05, 4.69) is 20.8 Å². The number of carbonyl (C=O) groups excluding carboxylic acids is 1. The third-order valence-corrected chi connectivity index (χ3v) is 4.43. The highest BCUT2D eigenvalue weighted by molar-refractivity contribution is 9.10. The lowest BCUT2D eigenvalue weighted by molar-refractivity contribution is -0.147. The number of hydrogen-bond acceptors (Lipinski definition) is 3. The molecule has 0 unspecified atom stereocenters. The van der Waals surface area contributed by atoms with Crippen molar-refractivity contribution in [3.05, 3.63) is 34.1 Å². The molecular weight excluding hydrogens is 325 g/mol. The lowest BCUT2D eigenvalue weighted by Gasteiger charge is -2.30. The van der Waals surface area contributed by atoms with Gasteiger partial charge in [0.2, 0.25) is 0 Å². The van der Waals surface area contributed by atoms with Crippen LogP contribution in [0.25, 0.3) is 0 Å². The maximum absolute atomic E-state index is 13.1. The molecule has 0 radical (unpaired) electrons. The lowest BCUT2D eigenvalue weighted by atomic mass is 9.97. The van der Waals surface area contributed by atoms with Gasteiger partial charge in [0.1, 0.15) is 5.82 Å². The van der Waals surface area contributed by atoms with Gasteiger partial charge in [-0.3, -0.25) is 4.79 Å². The van der Waals surface area contributed by atoms with E-state index in [9.17, 15) is 9.18 Å². The molecule has 1 saturated heterocycles. The van der Waals surface area contributed by atoms with Crippen molar-refractivity contribution in [2.24, 2.45) is 5.92 Å². The summed E-state index contributed by atoms with van der Waals surface area (Å²) in [6.07, 6.45) is 2.61. The van der Waals surface area contributed by atoms with Gasteiger partial charge < -0.3 is 9.64 Å². The molecule has 1 aromatic rings. The van der Waals surface area contributed by atoms with Gasteiger partial charge in [-0.15, -0.1) is 0 Å². The van der Waals surface area contributed by atoms with Gasteiger partial charge in [0.05, 0.1) is 17.5 Å². The Morgan fingerprint density at radius 3 is 2.75 bits per heavy atom. The number of rotatable bonds is 4. The van der Waals surface area contributed by atoms with Gasteiger partial charge in [-0.25, -0.2) is 4.39 Å². The summed E-state index contributed by atoms with van der Waals surface area (Å²) in [6.45, 7) is 2.77. The summed E-state index contributed by atoms with van der Waals surface area (Å²) in [5.41, 5.74) is 1.12. The highest BCUT2D eigenvalue weighted by Gasteiger charge is 2.25. The fourth-order valence-electron chi connectivity index (χ4n) is 2.54. The minimum Gasteiger partial charge on any atom is -0.469 e. The Bertz CT molecular complexity index is 473. The zero-order valence-electron chi connectivity index (χ0n) is 11.6. The van der Waals surface area contributed by atoms with Gasteiger partial charge in [0.25, 0.3) is 0 Å². The molecule has 110 valence electrons. The van der Waals surface area contributed by atoms with Crippen LogP contribution in [0.4, 0.5) is 4.39 Å². The SMILES string of the molecule is COC(=O)C1CCN(CCc2ccc(F)c(Br)c2)CC1. The minimum absolute atomic E-state index is 0.0521. The molecular formula is C15H19BrFNO2. The molecule has 0 amide bonds. The average Bonchev–Trinajstić information content (AvgIpc) is 2.48. The molecule has 2 rings (SSSR count). The Kier molecular flexibility index (Phi) is 5.54. The Morgan fingerprint density at radius 1 is 1.45 bits per heavy atom. The van der Waals surface area contributed by atoms with E-state index in [1.807, 2.05) is 12.1 Å². The Hall–Kier alpha value is -0.940. The van der Waals surface area contributed by atoms with Crippen LogP contribution < -0.4 is 0 Å². The predicted molar refractivity (Wildman–Crippen MR) is 79.0 cm³/mol. The number of methoxy groups -OCH3 is 1. The van der Waals surface area contributed by atoms with Crippen molar-refractivity contribution in [3.63, 3.8) is 0 Å². The normalized spacial score (nSPS) is 17.1. The summed E-state index contributed by atoms with van der Waals surface area (Å²) in [4.78, 5) is 13.8. The molecule has 0 atom stereocenters. The van der Waals surface area contributed by atoms with Crippen molar-refractivity contribution < 1.29 is 13.9 Å². The predicted octanol–water partition coefficient (Wildman–Crippen LogP) is 3.02. The fraction of sp³-hybridized carbons (Fsp3) is 0.533. The molecule has 0 saturated carbocycles. The third kappa shape index (κ3) is 4.03. The molecule has 1 heterocycles. The quantitative estimate of drug-likeness (QED) is 0.787. The first kappa shape index (κ1) is 15.4. The molecule has 1 aliphatic rings. The van der Waals surface area contributed by atoms with Crippen LogP contribution >= 0.6 is 15.9 Å². The summed E-state index contributed by atoms with van der Waals surface area (Å²) in [5.74, 6) is -0.268. The molecule has 0 aliphatic carbocycles. The number of carbonyl (C=O) groups is 1. The van der Waals surface area contributed by atoms with E-state index in [4.69, 9.17) is 4.74 Å². The molecule has 0 aromatic heterocycles. The molecule has 1 fully saturated rings. The van der Waals surface area contributed by atoms with E-state index < -0.39 is 0 Å². The first-order valence-corrected chi connectivity index (χ1v) is 7.63. The summed E-state index contributed by atoms with van der Waals surface area (Å²) >= 11 is 3.20. The van der Waals surface area contributed by atoms with Crippen molar-refractivity contribution >= 4 is 21.9 Å². The van der Waals surface area contributed by atoms with Crippen LogP contribution in [0.2, 0.25) is 0 Å². The number of ether oxygens (including phenoxy) is 1. The van der Waals surface area contributed by atoms with E-state index in [1.54, 1.807) is 0 Å². The molecule has 1 aromatic carbocycles. The van der Waals surface area contributed by atoms with Gasteiger partial charge in [-0.1, -0.05) is 6.07 Å². The molecule has 20 heavy (non-hydrogen) atoms. The number of halogens is 2. The summed E-state index contributed by atoms with van der Waals surface area (Å²) in [5, 5.41) is 0. The molecule has 0 bridgehead atoms. The number of nitrogens with zero attached hydrogens (tertiary/aromatic N) is 1. The standard InChI is InChI=1S/C15H19BrFNO2/c1-20-15(19)12-5-8-18(9-6-12)7-4-11-2-3-14(17)13(16)10-11/h2-3,10,12H,4-9H2,1H3. The highest BCUT2D eigenvalue weighted by atomic mass is 79.9. The Balaban J connectivity index is 1.78. The van der Waals surface area contributed by atoms with Crippen LogP contribution in [0.15, 0.2) is 22.7 Å². The smallest absolute Gasteiger partial charge is 0.308 e. The number of esters is 1. The Morgan fingerprint density at radius 2 is 2.15 bits per heavy atom. The minimum atomic E-state index is -0.229. The van der Waals surface area contributed by atoms with E-state index in [0.29, 0.717) is 4.47 Å². The topological polar surface area (TPSA) is 29.5 Å². The maximum atomic E-state index is 13.1. The number of likely N-dealkylation sites (tertiary alicyclic amines) is 1. The number of benzene rings is 1. The summed E-state index contributed by atoms with van der Waals surface area (Å²) in [7, 11) is 1.45. The number of hydrogen-bond donors (Lipinski definition) is 0. The van der Waals surface area contributed by atoms with Gasteiger partial charge in [0, 0.05) is 6.54 Å². The molecule has 5 heteroatoms. The van der Waals surface area contributed by atoms with E-state index in [1.165, 1.54) is 13.2 Å². The summed E-state index contributed by atoms with van der Waals surface area (Å²) in [6, 6.07) is 5.14. The van der Waals surface area contributed by atoms with Crippen LogP contribution in [0.1, 0.15) is 18.4 Å².